The molecule has 0 bridgehead atoms. The molecular formula is C14H7ClFN3O3. The lowest BCUT2D eigenvalue weighted by Crippen LogP contribution is -1.90. The van der Waals surface area contributed by atoms with Gasteiger partial charge in [-0.2, -0.15) is 4.98 Å². The van der Waals surface area contributed by atoms with Crippen LogP contribution in [-0.4, -0.2) is 15.1 Å². The lowest BCUT2D eigenvalue weighted by Gasteiger charge is -1.97. The summed E-state index contributed by atoms with van der Waals surface area (Å²) in [6.45, 7) is 0. The molecule has 22 heavy (non-hydrogen) atoms. The summed E-state index contributed by atoms with van der Waals surface area (Å²) in [5, 5.41) is 14.7. The van der Waals surface area contributed by atoms with Gasteiger partial charge in [0.2, 0.25) is 5.82 Å². The number of nitro groups is 1. The Balaban J connectivity index is 1.99. The fourth-order valence-electron chi connectivity index (χ4n) is 1.84. The van der Waals surface area contributed by atoms with Gasteiger partial charge in [0.25, 0.3) is 11.6 Å². The predicted octanol–water partition coefficient (Wildman–Crippen LogP) is 4.10. The summed E-state index contributed by atoms with van der Waals surface area (Å²) in [5.74, 6) is -0.00695. The Bertz CT molecular complexity index is 849. The van der Waals surface area contributed by atoms with Crippen molar-refractivity contribution in [3.05, 3.63) is 63.4 Å². The Morgan fingerprint density at radius 1 is 1.14 bits per heavy atom. The average Bonchev–Trinajstić information content (AvgIpc) is 2.98. The van der Waals surface area contributed by atoms with Gasteiger partial charge >= 0.3 is 0 Å². The van der Waals surface area contributed by atoms with Gasteiger partial charge in [-0.1, -0.05) is 16.8 Å². The largest absolute Gasteiger partial charge is 0.334 e. The van der Waals surface area contributed by atoms with E-state index in [0.29, 0.717) is 11.1 Å². The van der Waals surface area contributed by atoms with E-state index >= 15 is 0 Å². The number of nitrogens with zero attached hydrogens (tertiary/aromatic N) is 3. The highest BCUT2D eigenvalue weighted by atomic mass is 35.5. The first-order valence-electron chi connectivity index (χ1n) is 6.08. The standard InChI is InChI=1S/C14H7ClFN3O3/c15-11-6-3-9(7-12(11)19(20)21)14-17-13(18-22-14)8-1-4-10(16)5-2-8/h1-7H. The molecule has 1 heterocycles. The van der Waals surface area contributed by atoms with Crippen LogP contribution in [0.1, 0.15) is 0 Å². The van der Waals surface area contributed by atoms with Crippen LogP contribution >= 0.6 is 11.6 Å². The van der Waals surface area contributed by atoms with Gasteiger partial charge < -0.3 is 4.52 Å². The van der Waals surface area contributed by atoms with Gasteiger partial charge in [-0.05, 0) is 36.4 Å². The topological polar surface area (TPSA) is 82.1 Å². The van der Waals surface area contributed by atoms with Crippen LogP contribution in [0.2, 0.25) is 5.02 Å². The Hall–Kier alpha value is -2.80. The van der Waals surface area contributed by atoms with Crippen molar-refractivity contribution in [2.75, 3.05) is 0 Å². The molecule has 0 aliphatic carbocycles. The molecule has 0 saturated carbocycles. The molecule has 0 fully saturated rings. The number of hydrogen-bond donors (Lipinski definition) is 0. The maximum absolute atomic E-state index is 12.9. The van der Waals surface area contributed by atoms with Crippen molar-refractivity contribution in [2.24, 2.45) is 0 Å². The van der Waals surface area contributed by atoms with Gasteiger partial charge in [0, 0.05) is 17.2 Å². The maximum atomic E-state index is 12.9. The fraction of sp³-hybridized carbons (Fsp3) is 0. The molecule has 1 aromatic heterocycles. The molecule has 6 nitrogen and oxygen atoms in total. The van der Waals surface area contributed by atoms with Gasteiger partial charge in [-0.3, -0.25) is 10.1 Å². The number of aromatic nitrogens is 2. The smallest absolute Gasteiger partial charge is 0.288 e. The first-order chi connectivity index (χ1) is 10.5. The van der Waals surface area contributed by atoms with E-state index in [-0.39, 0.29) is 28.2 Å². The monoisotopic (exact) mass is 319 g/mol. The Morgan fingerprint density at radius 2 is 1.82 bits per heavy atom. The summed E-state index contributed by atoms with van der Waals surface area (Å²) in [6, 6.07) is 9.75. The third-order valence-electron chi connectivity index (χ3n) is 2.92. The van der Waals surface area contributed by atoms with Gasteiger partial charge in [0.1, 0.15) is 10.8 Å². The van der Waals surface area contributed by atoms with Crippen LogP contribution < -0.4 is 0 Å². The van der Waals surface area contributed by atoms with E-state index in [1.165, 1.54) is 42.5 Å². The highest BCUT2D eigenvalue weighted by molar-refractivity contribution is 6.32. The SMILES string of the molecule is O=[N+]([O-])c1cc(-c2nc(-c3ccc(F)cc3)no2)ccc1Cl. The Morgan fingerprint density at radius 3 is 2.50 bits per heavy atom. The van der Waals surface area contributed by atoms with E-state index in [0.717, 1.165) is 0 Å². The van der Waals surface area contributed by atoms with E-state index in [9.17, 15) is 14.5 Å². The second-order valence-corrected chi connectivity index (χ2v) is 4.76. The summed E-state index contributed by atoms with van der Waals surface area (Å²) in [5.41, 5.74) is 0.692. The van der Waals surface area contributed by atoms with E-state index in [1.54, 1.807) is 0 Å². The third-order valence-corrected chi connectivity index (χ3v) is 3.24. The Kier molecular flexibility index (Phi) is 3.56. The van der Waals surface area contributed by atoms with E-state index in [1.807, 2.05) is 0 Å². The van der Waals surface area contributed by atoms with Crippen LogP contribution in [0.3, 0.4) is 0 Å². The van der Waals surface area contributed by atoms with Gasteiger partial charge in [-0.25, -0.2) is 4.39 Å². The average molecular weight is 320 g/mol. The van der Waals surface area contributed by atoms with Crippen LogP contribution in [0, 0.1) is 15.9 Å². The maximum Gasteiger partial charge on any atom is 0.288 e. The van der Waals surface area contributed by atoms with Gasteiger partial charge in [0.05, 0.1) is 4.92 Å². The molecule has 3 aromatic rings. The second kappa shape index (κ2) is 5.53. The molecule has 0 unspecified atom stereocenters. The van der Waals surface area contributed by atoms with Crippen molar-refractivity contribution in [3.8, 4) is 22.8 Å². The number of hydrogen-bond acceptors (Lipinski definition) is 5. The lowest BCUT2D eigenvalue weighted by molar-refractivity contribution is -0.384. The van der Waals surface area contributed by atoms with E-state index < -0.39 is 4.92 Å². The van der Waals surface area contributed by atoms with E-state index in [4.69, 9.17) is 16.1 Å². The first-order valence-corrected chi connectivity index (χ1v) is 6.46. The first kappa shape index (κ1) is 14.2. The molecule has 110 valence electrons. The van der Waals surface area contributed by atoms with Crippen LogP contribution in [0.4, 0.5) is 10.1 Å². The molecule has 0 saturated heterocycles. The molecule has 8 heteroatoms. The normalized spacial score (nSPS) is 10.6. The number of benzene rings is 2. The molecule has 0 aliphatic heterocycles. The summed E-state index contributed by atoms with van der Waals surface area (Å²) < 4.78 is 18.0. The number of rotatable bonds is 3. The van der Waals surface area contributed by atoms with Crippen molar-refractivity contribution in [2.45, 2.75) is 0 Å². The lowest BCUT2D eigenvalue weighted by atomic mass is 10.2. The van der Waals surface area contributed by atoms with Crippen molar-refractivity contribution in [1.29, 1.82) is 0 Å². The van der Waals surface area contributed by atoms with Crippen LogP contribution in [0.25, 0.3) is 22.8 Å². The number of nitro benzene ring substituents is 1. The van der Waals surface area contributed by atoms with Crippen molar-refractivity contribution >= 4 is 17.3 Å². The summed E-state index contributed by atoms with van der Waals surface area (Å²) in [6.07, 6.45) is 0. The zero-order valence-electron chi connectivity index (χ0n) is 10.9. The Labute approximate surface area is 128 Å². The summed E-state index contributed by atoms with van der Waals surface area (Å²) >= 11 is 5.75. The molecule has 0 amide bonds. The molecule has 0 atom stereocenters. The molecule has 0 N–H and O–H groups in total. The fourth-order valence-corrected chi connectivity index (χ4v) is 2.03. The van der Waals surface area contributed by atoms with Crippen LogP contribution in [-0.2, 0) is 0 Å². The number of halogens is 2. The molecule has 0 radical (unpaired) electrons. The molecule has 0 aliphatic rings. The quantitative estimate of drug-likeness (QED) is 0.536. The third kappa shape index (κ3) is 2.66. The highest BCUT2D eigenvalue weighted by Crippen LogP contribution is 2.30. The van der Waals surface area contributed by atoms with Crippen molar-refractivity contribution < 1.29 is 13.8 Å². The zero-order chi connectivity index (χ0) is 15.7. The minimum atomic E-state index is -0.594. The minimum absolute atomic E-state index is 0.0204. The van der Waals surface area contributed by atoms with E-state index in [2.05, 4.69) is 10.1 Å². The minimum Gasteiger partial charge on any atom is -0.334 e. The highest BCUT2D eigenvalue weighted by Gasteiger charge is 2.17. The van der Waals surface area contributed by atoms with Crippen molar-refractivity contribution in [3.63, 3.8) is 0 Å². The molecule has 2 aromatic carbocycles. The van der Waals surface area contributed by atoms with Crippen molar-refractivity contribution in [1.82, 2.24) is 10.1 Å². The molecule has 0 spiro atoms. The van der Waals surface area contributed by atoms with Gasteiger partial charge in [-0.15, -0.1) is 0 Å². The summed E-state index contributed by atoms with van der Waals surface area (Å²) in [4.78, 5) is 14.4. The van der Waals surface area contributed by atoms with Crippen LogP contribution in [0.5, 0.6) is 0 Å². The second-order valence-electron chi connectivity index (χ2n) is 4.35. The van der Waals surface area contributed by atoms with Crippen LogP contribution in [0.15, 0.2) is 47.0 Å². The summed E-state index contributed by atoms with van der Waals surface area (Å²) in [7, 11) is 0. The molecule has 3 rings (SSSR count). The van der Waals surface area contributed by atoms with Gasteiger partial charge in [0.15, 0.2) is 0 Å². The zero-order valence-corrected chi connectivity index (χ0v) is 11.6. The predicted molar refractivity (Wildman–Crippen MR) is 76.8 cm³/mol. The molecular weight excluding hydrogens is 313 g/mol.